The topological polar surface area (TPSA) is 81.8 Å². The molecule has 0 bridgehead atoms. The molecule has 0 rings (SSSR count). The zero-order chi connectivity index (χ0) is 7.82. The zero-order valence-corrected chi connectivity index (χ0v) is 6.58. The van der Waals surface area contributed by atoms with E-state index in [0.717, 1.165) is 0 Å². The molecule has 3 N–H and O–H groups in total. The minimum absolute atomic E-state index is 0.0440. The minimum atomic E-state index is -2.40. The standard InChI is InChI=1S/C4H12NO4P/c5-1-3-8-10(7)9-4-2-6/h6,10H,1-5H2. The highest BCUT2D eigenvalue weighted by Gasteiger charge is 1.95. The Morgan fingerprint density at radius 1 is 1.40 bits per heavy atom. The molecule has 10 heavy (non-hydrogen) atoms. The van der Waals surface area contributed by atoms with Gasteiger partial charge in [-0.3, -0.25) is 4.57 Å². The van der Waals surface area contributed by atoms with E-state index in [2.05, 4.69) is 9.05 Å². The first-order valence-electron chi connectivity index (χ1n) is 2.91. The second-order valence-electron chi connectivity index (χ2n) is 1.46. The zero-order valence-electron chi connectivity index (χ0n) is 5.58. The van der Waals surface area contributed by atoms with Crippen molar-refractivity contribution in [3.05, 3.63) is 0 Å². The van der Waals surface area contributed by atoms with E-state index in [1.807, 2.05) is 0 Å². The molecule has 0 aromatic carbocycles. The van der Waals surface area contributed by atoms with Crippen LogP contribution in [-0.2, 0) is 13.6 Å². The Morgan fingerprint density at radius 2 is 2.00 bits per heavy atom. The van der Waals surface area contributed by atoms with Gasteiger partial charge in [0.2, 0.25) is 0 Å². The Bertz CT molecular complexity index is 89.3. The van der Waals surface area contributed by atoms with Gasteiger partial charge in [0.1, 0.15) is 0 Å². The van der Waals surface area contributed by atoms with Gasteiger partial charge in [-0.1, -0.05) is 0 Å². The van der Waals surface area contributed by atoms with Crippen LogP contribution in [-0.4, -0.2) is 31.5 Å². The van der Waals surface area contributed by atoms with Crippen LogP contribution in [0.1, 0.15) is 0 Å². The summed E-state index contributed by atoms with van der Waals surface area (Å²) < 4.78 is 19.6. The fourth-order valence-corrected chi connectivity index (χ4v) is 0.939. The van der Waals surface area contributed by atoms with Gasteiger partial charge in [-0.05, 0) is 0 Å². The first-order valence-corrected chi connectivity index (χ1v) is 4.14. The number of hydrogen-bond acceptors (Lipinski definition) is 5. The maximum absolute atomic E-state index is 10.5. The lowest BCUT2D eigenvalue weighted by Crippen LogP contribution is -2.05. The monoisotopic (exact) mass is 169 g/mol. The van der Waals surface area contributed by atoms with Crippen LogP contribution in [0.25, 0.3) is 0 Å². The molecule has 0 aliphatic rings. The molecule has 6 heteroatoms. The van der Waals surface area contributed by atoms with Crippen molar-refractivity contribution >= 4 is 8.25 Å². The molecule has 0 aliphatic heterocycles. The van der Waals surface area contributed by atoms with E-state index >= 15 is 0 Å². The van der Waals surface area contributed by atoms with E-state index in [1.54, 1.807) is 0 Å². The quantitative estimate of drug-likeness (QED) is 0.517. The van der Waals surface area contributed by atoms with Crippen molar-refractivity contribution in [1.82, 2.24) is 0 Å². The van der Waals surface area contributed by atoms with Crippen molar-refractivity contribution in [3.63, 3.8) is 0 Å². The normalized spacial score (nSPS) is 13.4. The summed E-state index contributed by atoms with van der Waals surface area (Å²) in [6.45, 7) is 0.437. The van der Waals surface area contributed by atoms with Crippen LogP contribution in [0.15, 0.2) is 0 Å². The van der Waals surface area contributed by atoms with Crippen LogP contribution < -0.4 is 5.73 Å². The highest BCUT2D eigenvalue weighted by Crippen LogP contribution is 2.21. The maximum atomic E-state index is 10.5. The van der Waals surface area contributed by atoms with Crippen LogP contribution in [0.2, 0.25) is 0 Å². The SMILES string of the molecule is NCCO[PH](=O)OCCO. The van der Waals surface area contributed by atoms with E-state index in [9.17, 15) is 4.57 Å². The summed E-state index contributed by atoms with van der Waals surface area (Å²) in [5.74, 6) is 0. The molecule has 1 atom stereocenters. The molecule has 0 heterocycles. The Morgan fingerprint density at radius 3 is 2.50 bits per heavy atom. The molecule has 5 nitrogen and oxygen atoms in total. The summed E-state index contributed by atoms with van der Waals surface area (Å²) in [6, 6.07) is 0. The van der Waals surface area contributed by atoms with Crippen LogP contribution in [0, 0.1) is 0 Å². The minimum Gasteiger partial charge on any atom is -0.394 e. The summed E-state index contributed by atoms with van der Waals surface area (Å²) in [5.41, 5.74) is 5.05. The molecule has 0 aromatic heterocycles. The van der Waals surface area contributed by atoms with Crippen molar-refractivity contribution in [1.29, 1.82) is 0 Å². The van der Waals surface area contributed by atoms with E-state index < -0.39 is 8.25 Å². The smallest absolute Gasteiger partial charge is 0.319 e. The first-order chi connectivity index (χ1) is 4.81. The number of rotatable bonds is 6. The maximum Gasteiger partial charge on any atom is 0.319 e. The van der Waals surface area contributed by atoms with Crippen molar-refractivity contribution in [2.75, 3.05) is 26.4 Å². The van der Waals surface area contributed by atoms with E-state index in [1.165, 1.54) is 0 Å². The molecule has 1 unspecified atom stereocenters. The highest BCUT2D eigenvalue weighted by molar-refractivity contribution is 7.33. The number of nitrogens with two attached hydrogens (primary N) is 1. The summed E-state index contributed by atoms with van der Waals surface area (Å²) in [6.07, 6.45) is 0. The van der Waals surface area contributed by atoms with Gasteiger partial charge in [-0.2, -0.15) is 0 Å². The summed E-state index contributed by atoms with van der Waals surface area (Å²) in [4.78, 5) is 0. The van der Waals surface area contributed by atoms with Crippen LogP contribution in [0.3, 0.4) is 0 Å². The van der Waals surface area contributed by atoms with Crippen LogP contribution >= 0.6 is 8.25 Å². The molecule has 0 saturated carbocycles. The predicted octanol–water partition coefficient (Wildman–Crippen LogP) is -0.640. The Kier molecular flexibility index (Phi) is 7.23. The Balaban J connectivity index is 3.09. The number of aliphatic hydroxyl groups is 1. The largest absolute Gasteiger partial charge is 0.394 e. The van der Waals surface area contributed by atoms with Gasteiger partial charge in [0, 0.05) is 6.54 Å². The van der Waals surface area contributed by atoms with Crippen LogP contribution in [0.4, 0.5) is 0 Å². The molecule has 0 spiro atoms. The number of aliphatic hydroxyl groups excluding tert-OH is 1. The van der Waals surface area contributed by atoms with Crippen LogP contribution in [0.5, 0.6) is 0 Å². The molecular weight excluding hydrogens is 157 g/mol. The van der Waals surface area contributed by atoms with Gasteiger partial charge in [0.05, 0.1) is 19.8 Å². The summed E-state index contributed by atoms with van der Waals surface area (Å²) >= 11 is 0. The lowest BCUT2D eigenvalue weighted by Gasteiger charge is -2.01. The first kappa shape index (κ1) is 10.1. The molecule has 0 amide bonds. The highest BCUT2D eigenvalue weighted by atomic mass is 31.1. The van der Waals surface area contributed by atoms with Gasteiger partial charge >= 0.3 is 8.25 Å². The third-order valence-electron chi connectivity index (χ3n) is 0.649. The van der Waals surface area contributed by atoms with Gasteiger partial charge in [0.15, 0.2) is 0 Å². The molecule has 62 valence electrons. The van der Waals surface area contributed by atoms with Gasteiger partial charge in [-0.25, -0.2) is 0 Å². The van der Waals surface area contributed by atoms with E-state index in [-0.39, 0.29) is 19.8 Å². The Hall–Kier alpha value is 0.0700. The molecule has 0 aliphatic carbocycles. The van der Waals surface area contributed by atoms with E-state index in [4.69, 9.17) is 10.8 Å². The van der Waals surface area contributed by atoms with Crippen molar-refractivity contribution in [2.24, 2.45) is 5.73 Å². The predicted molar refractivity (Wildman–Crippen MR) is 37.0 cm³/mol. The lowest BCUT2D eigenvalue weighted by atomic mass is 10.8. The Labute approximate surface area is 60.1 Å². The fourth-order valence-electron chi connectivity index (χ4n) is 0.313. The fraction of sp³-hybridized carbons (Fsp3) is 1.00. The van der Waals surface area contributed by atoms with Crippen molar-refractivity contribution in [2.45, 2.75) is 0 Å². The number of hydrogen-bond donors (Lipinski definition) is 2. The molecule has 0 saturated heterocycles. The third-order valence-corrected chi connectivity index (χ3v) is 1.53. The molecule has 0 fully saturated rings. The molecule has 0 aromatic rings. The van der Waals surface area contributed by atoms with Gasteiger partial charge in [-0.15, -0.1) is 0 Å². The molecule has 0 radical (unpaired) electrons. The average molecular weight is 169 g/mol. The van der Waals surface area contributed by atoms with Gasteiger partial charge in [0.25, 0.3) is 0 Å². The molecular formula is C4H12NO4P. The lowest BCUT2D eigenvalue weighted by molar-refractivity contribution is 0.176. The summed E-state index contributed by atoms with van der Waals surface area (Å²) in [5, 5.41) is 8.21. The summed E-state index contributed by atoms with van der Waals surface area (Å²) in [7, 11) is -2.40. The van der Waals surface area contributed by atoms with Crippen molar-refractivity contribution < 1.29 is 18.7 Å². The van der Waals surface area contributed by atoms with Gasteiger partial charge < -0.3 is 19.9 Å². The average Bonchev–Trinajstić information content (AvgIpc) is 1.97. The van der Waals surface area contributed by atoms with Crippen molar-refractivity contribution in [3.8, 4) is 0 Å². The van der Waals surface area contributed by atoms with E-state index in [0.29, 0.717) is 6.54 Å². The second-order valence-corrected chi connectivity index (χ2v) is 2.54. The third kappa shape index (κ3) is 6.19. The second kappa shape index (κ2) is 7.18.